The molecule has 0 saturated carbocycles. The standard InChI is InChI=1S/C45H29N5/c1-5-17-30(18-6-1)36-29-39-41(35-26-14-15-27-37(35)49(39)33-23-11-4-12-24-33)42-40(36)34-25-13-16-28-38(34)50(42)45-47-43(31-19-7-2-8-20-31)46-44(48-45)32-21-9-3-10-22-32/h1-29H. The average Bonchev–Trinajstić information content (AvgIpc) is 3.72. The Labute approximate surface area is 288 Å². The van der Waals surface area contributed by atoms with E-state index in [-0.39, 0.29) is 0 Å². The second kappa shape index (κ2) is 11.4. The lowest BCUT2D eigenvalue weighted by Gasteiger charge is -2.13. The highest BCUT2D eigenvalue weighted by atomic mass is 15.2. The Hall–Kier alpha value is -6.85. The van der Waals surface area contributed by atoms with Gasteiger partial charge >= 0.3 is 0 Å². The molecule has 0 spiro atoms. The van der Waals surface area contributed by atoms with Gasteiger partial charge in [-0.1, -0.05) is 146 Å². The van der Waals surface area contributed by atoms with Crippen LogP contribution in [-0.4, -0.2) is 24.1 Å². The summed E-state index contributed by atoms with van der Waals surface area (Å²) < 4.78 is 4.65. The van der Waals surface area contributed by atoms with Crippen molar-refractivity contribution in [3.05, 3.63) is 176 Å². The van der Waals surface area contributed by atoms with Gasteiger partial charge in [-0.2, -0.15) is 9.97 Å². The predicted octanol–water partition coefficient (Wildman–Crippen LogP) is 11.1. The summed E-state index contributed by atoms with van der Waals surface area (Å²) in [5, 5.41) is 4.62. The summed E-state index contributed by atoms with van der Waals surface area (Å²) in [7, 11) is 0. The van der Waals surface area contributed by atoms with Gasteiger partial charge < -0.3 is 4.57 Å². The molecule has 0 aliphatic carbocycles. The molecule has 0 aliphatic rings. The summed E-state index contributed by atoms with van der Waals surface area (Å²) in [6.07, 6.45) is 0. The van der Waals surface area contributed by atoms with Crippen molar-refractivity contribution >= 4 is 43.6 Å². The van der Waals surface area contributed by atoms with E-state index in [1.54, 1.807) is 0 Å². The lowest BCUT2D eigenvalue weighted by Crippen LogP contribution is -2.06. The van der Waals surface area contributed by atoms with Crippen molar-refractivity contribution < 1.29 is 0 Å². The quantitative estimate of drug-likeness (QED) is 0.188. The van der Waals surface area contributed by atoms with Gasteiger partial charge in [0.15, 0.2) is 11.6 Å². The Morgan fingerprint density at radius 3 is 1.40 bits per heavy atom. The van der Waals surface area contributed by atoms with Crippen LogP contribution in [0.4, 0.5) is 0 Å². The van der Waals surface area contributed by atoms with E-state index in [0.29, 0.717) is 17.6 Å². The van der Waals surface area contributed by atoms with E-state index in [2.05, 4.69) is 149 Å². The first-order chi connectivity index (χ1) is 24.8. The van der Waals surface area contributed by atoms with Crippen molar-refractivity contribution in [3.63, 3.8) is 0 Å². The number of para-hydroxylation sites is 3. The van der Waals surface area contributed by atoms with Gasteiger partial charge in [0.05, 0.1) is 22.1 Å². The van der Waals surface area contributed by atoms with Crippen LogP contribution in [0.2, 0.25) is 0 Å². The first-order valence-corrected chi connectivity index (χ1v) is 16.8. The van der Waals surface area contributed by atoms with Gasteiger partial charge in [0.2, 0.25) is 5.95 Å². The summed E-state index contributed by atoms with van der Waals surface area (Å²) in [6.45, 7) is 0. The Bertz CT molecular complexity index is 2780. The van der Waals surface area contributed by atoms with Crippen molar-refractivity contribution in [2.24, 2.45) is 0 Å². The maximum absolute atomic E-state index is 5.26. The summed E-state index contributed by atoms with van der Waals surface area (Å²) in [6, 6.07) is 61.4. The number of rotatable bonds is 5. The summed E-state index contributed by atoms with van der Waals surface area (Å²) in [4.78, 5) is 15.5. The van der Waals surface area contributed by atoms with E-state index >= 15 is 0 Å². The number of hydrogen-bond donors (Lipinski definition) is 0. The molecule has 0 atom stereocenters. The third-order valence-electron chi connectivity index (χ3n) is 9.56. The van der Waals surface area contributed by atoms with E-state index in [1.807, 2.05) is 36.4 Å². The van der Waals surface area contributed by atoms with Gasteiger partial charge in [-0.05, 0) is 41.5 Å². The third kappa shape index (κ3) is 4.37. The van der Waals surface area contributed by atoms with Crippen LogP contribution < -0.4 is 0 Å². The molecule has 234 valence electrons. The molecular formula is C45H29N5. The summed E-state index contributed by atoms with van der Waals surface area (Å²) >= 11 is 0. The number of hydrogen-bond acceptors (Lipinski definition) is 3. The molecule has 0 aliphatic heterocycles. The van der Waals surface area contributed by atoms with E-state index in [4.69, 9.17) is 15.0 Å². The minimum atomic E-state index is 0.576. The third-order valence-corrected chi connectivity index (χ3v) is 9.56. The Balaban J connectivity index is 1.43. The topological polar surface area (TPSA) is 48.5 Å². The van der Waals surface area contributed by atoms with Crippen molar-refractivity contribution in [1.29, 1.82) is 0 Å². The smallest absolute Gasteiger partial charge is 0.238 e. The molecule has 3 heterocycles. The molecule has 10 rings (SSSR count). The first-order valence-electron chi connectivity index (χ1n) is 16.8. The minimum Gasteiger partial charge on any atom is -0.309 e. The predicted molar refractivity (Wildman–Crippen MR) is 205 cm³/mol. The Morgan fingerprint density at radius 1 is 0.360 bits per heavy atom. The molecule has 3 aromatic heterocycles. The lowest BCUT2D eigenvalue weighted by molar-refractivity contribution is 0.955. The molecular weight excluding hydrogens is 611 g/mol. The normalized spacial score (nSPS) is 11.6. The zero-order valence-corrected chi connectivity index (χ0v) is 27.0. The van der Waals surface area contributed by atoms with E-state index in [1.165, 1.54) is 5.39 Å². The molecule has 0 unspecified atom stereocenters. The van der Waals surface area contributed by atoms with Crippen LogP contribution in [0.3, 0.4) is 0 Å². The van der Waals surface area contributed by atoms with Gasteiger partial charge in [0.25, 0.3) is 0 Å². The highest BCUT2D eigenvalue weighted by Crippen LogP contribution is 2.46. The highest BCUT2D eigenvalue weighted by Gasteiger charge is 2.25. The zero-order chi connectivity index (χ0) is 33.0. The van der Waals surface area contributed by atoms with Crippen molar-refractivity contribution in [3.8, 4) is 45.5 Å². The molecule has 5 nitrogen and oxygen atoms in total. The van der Waals surface area contributed by atoms with Crippen molar-refractivity contribution in [1.82, 2.24) is 24.1 Å². The molecule has 0 saturated heterocycles. The molecule has 50 heavy (non-hydrogen) atoms. The fraction of sp³-hybridized carbons (Fsp3) is 0. The summed E-state index contributed by atoms with van der Waals surface area (Å²) in [5.41, 5.74) is 9.65. The maximum Gasteiger partial charge on any atom is 0.238 e. The van der Waals surface area contributed by atoms with Crippen molar-refractivity contribution in [2.75, 3.05) is 0 Å². The molecule has 0 fully saturated rings. The average molecular weight is 640 g/mol. The minimum absolute atomic E-state index is 0.576. The fourth-order valence-electron chi connectivity index (χ4n) is 7.41. The lowest BCUT2D eigenvalue weighted by atomic mass is 9.97. The number of aromatic nitrogens is 5. The zero-order valence-electron chi connectivity index (χ0n) is 27.0. The van der Waals surface area contributed by atoms with Gasteiger partial charge in [-0.3, -0.25) is 4.57 Å². The van der Waals surface area contributed by atoms with Crippen molar-refractivity contribution in [2.45, 2.75) is 0 Å². The van der Waals surface area contributed by atoms with Gasteiger partial charge in [-0.25, -0.2) is 4.98 Å². The molecule has 0 bridgehead atoms. The summed E-state index contributed by atoms with van der Waals surface area (Å²) in [5.74, 6) is 1.83. The van der Waals surface area contributed by atoms with Gasteiger partial charge in [0, 0.05) is 38.4 Å². The van der Waals surface area contributed by atoms with Crippen LogP contribution in [0.25, 0.3) is 89.2 Å². The monoisotopic (exact) mass is 639 g/mol. The SMILES string of the molecule is c1ccc(-c2nc(-c3ccccc3)nc(-n3c4ccccc4c4c(-c5ccccc5)cc5c(c6ccccc6n5-c5ccccc5)c43)n2)cc1. The Morgan fingerprint density at radius 2 is 0.820 bits per heavy atom. The second-order valence-corrected chi connectivity index (χ2v) is 12.5. The van der Waals surface area contributed by atoms with Crippen LogP contribution in [0.1, 0.15) is 0 Å². The van der Waals surface area contributed by atoms with Crippen LogP contribution in [0, 0.1) is 0 Å². The van der Waals surface area contributed by atoms with Crippen LogP contribution in [0.5, 0.6) is 0 Å². The molecule has 0 radical (unpaired) electrons. The van der Waals surface area contributed by atoms with E-state index in [0.717, 1.165) is 66.2 Å². The van der Waals surface area contributed by atoms with Crippen LogP contribution >= 0.6 is 0 Å². The Kier molecular flexibility index (Phi) is 6.42. The first kappa shape index (κ1) is 28.2. The van der Waals surface area contributed by atoms with Gasteiger partial charge in [-0.15, -0.1) is 0 Å². The van der Waals surface area contributed by atoms with Crippen LogP contribution in [0.15, 0.2) is 176 Å². The molecule has 5 heteroatoms. The van der Waals surface area contributed by atoms with E-state index in [9.17, 15) is 0 Å². The molecule has 10 aromatic rings. The molecule has 0 N–H and O–H groups in total. The largest absolute Gasteiger partial charge is 0.309 e. The molecule has 7 aromatic carbocycles. The highest BCUT2D eigenvalue weighted by molar-refractivity contribution is 6.29. The number of benzene rings is 7. The number of fused-ring (bicyclic) bond motifs is 7. The second-order valence-electron chi connectivity index (χ2n) is 12.5. The fourth-order valence-corrected chi connectivity index (χ4v) is 7.41. The van der Waals surface area contributed by atoms with E-state index < -0.39 is 0 Å². The van der Waals surface area contributed by atoms with Crippen LogP contribution in [-0.2, 0) is 0 Å². The molecule has 0 amide bonds. The maximum atomic E-state index is 5.26. The van der Waals surface area contributed by atoms with Gasteiger partial charge in [0.1, 0.15) is 0 Å². The number of nitrogens with zero attached hydrogens (tertiary/aromatic N) is 5.